The van der Waals surface area contributed by atoms with Crippen LogP contribution in [0.4, 0.5) is 17.6 Å². The second-order valence-electron chi connectivity index (χ2n) is 5.25. The number of nitrogens with zero attached hydrogens (tertiary/aromatic N) is 2. The molecule has 2 nitrogen and oxygen atoms in total. The average Bonchev–Trinajstić information content (AvgIpc) is 3.28. The van der Waals surface area contributed by atoms with Gasteiger partial charge in [-0.1, -0.05) is 11.4 Å². The van der Waals surface area contributed by atoms with Crippen LogP contribution >= 0.6 is 0 Å². The Bertz CT molecular complexity index is 862. The van der Waals surface area contributed by atoms with Crippen molar-refractivity contribution in [2.75, 3.05) is 0 Å². The van der Waals surface area contributed by atoms with Gasteiger partial charge in [-0.05, 0) is 24.3 Å². The van der Waals surface area contributed by atoms with E-state index in [1.807, 2.05) is 12.1 Å². The third-order valence-electron chi connectivity index (χ3n) is 3.38. The third-order valence-corrected chi connectivity index (χ3v) is 3.38. The van der Waals surface area contributed by atoms with Crippen molar-refractivity contribution in [1.29, 1.82) is 0 Å². The molecule has 29 heavy (non-hydrogen) atoms. The molecule has 0 radical (unpaired) electrons. The number of hydrogen-bond acceptors (Lipinski definition) is 0. The fraction of sp³-hybridized carbons (Fsp3) is 0. The number of hydrogen-bond donors (Lipinski definition) is 0. The molecule has 0 amide bonds. The number of benzene rings is 2. The quantitative estimate of drug-likeness (QED) is 0.208. The predicted octanol–water partition coefficient (Wildman–Crippen LogP) is 6.01. The maximum Gasteiger partial charge on any atom is 4.00 e. The first-order valence-corrected chi connectivity index (χ1v) is 7.55. The van der Waals surface area contributed by atoms with E-state index in [1.54, 1.807) is 58.2 Å². The van der Waals surface area contributed by atoms with Gasteiger partial charge in [0, 0.05) is 48.1 Å². The van der Waals surface area contributed by atoms with E-state index in [0.29, 0.717) is 11.4 Å². The second kappa shape index (κ2) is 12.1. The Hall–Kier alpha value is -2.57. The Balaban J connectivity index is 0.000000490. The maximum atomic E-state index is 12.7. The molecule has 2 aromatic carbocycles. The first-order chi connectivity index (χ1) is 12.5. The fourth-order valence-corrected chi connectivity index (χ4v) is 2.29. The average molecular weight is 434 g/mol. The van der Waals surface area contributed by atoms with Crippen LogP contribution < -0.4 is 0 Å². The van der Waals surface area contributed by atoms with Crippen LogP contribution in [0, 0.1) is 50.3 Å². The minimum absolute atomic E-state index is 0. The topological polar surface area (TPSA) is 9.86 Å². The van der Waals surface area contributed by atoms with E-state index in [-0.39, 0.29) is 36.6 Å². The van der Waals surface area contributed by atoms with Gasteiger partial charge in [0.2, 0.25) is 0 Å². The Labute approximate surface area is 183 Å². The van der Waals surface area contributed by atoms with Crippen LogP contribution in [-0.4, -0.2) is 9.13 Å². The summed E-state index contributed by atoms with van der Waals surface area (Å²) in [4.78, 5) is 0. The number of aromatic nitrogens is 2. The molecule has 0 atom stereocenters. The van der Waals surface area contributed by atoms with Gasteiger partial charge in [0.05, 0.1) is 0 Å². The molecule has 0 fully saturated rings. The van der Waals surface area contributed by atoms with Gasteiger partial charge in [-0.2, -0.15) is 0 Å². The normalized spacial score (nSPS) is 9.24. The molecule has 0 bridgehead atoms. The summed E-state index contributed by atoms with van der Waals surface area (Å²) in [7, 11) is 0. The molecule has 0 aliphatic heterocycles. The maximum absolute atomic E-state index is 12.7. The summed E-state index contributed by atoms with van der Waals surface area (Å²) in [6.45, 7) is 0. The van der Waals surface area contributed by atoms with Crippen molar-refractivity contribution in [3.8, 4) is 11.4 Å². The van der Waals surface area contributed by atoms with E-state index in [9.17, 15) is 17.6 Å². The summed E-state index contributed by atoms with van der Waals surface area (Å²) in [5.41, 5.74) is 0.914. The van der Waals surface area contributed by atoms with Gasteiger partial charge in [-0.15, -0.1) is 36.4 Å². The van der Waals surface area contributed by atoms with E-state index in [0.717, 1.165) is 0 Å². The Morgan fingerprint density at radius 1 is 0.517 bits per heavy atom. The second-order valence-corrected chi connectivity index (χ2v) is 5.25. The van der Waals surface area contributed by atoms with Crippen molar-refractivity contribution < 1.29 is 39.3 Å². The summed E-state index contributed by atoms with van der Waals surface area (Å²) in [5.74, 6) is -2.76. The molecule has 2 aromatic heterocycles. The minimum atomic E-state index is -0.691. The molecular formula is C22H18F4N2Ti. The Morgan fingerprint density at radius 3 is 1.00 bits per heavy atom. The zero-order valence-corrected chi connectivity index (χ0v) is 17.4. The zero-order valence-electron chi connectivity index (χ0n) is 15.8. The van der Waals surface area contributed by atoms with Crippen molar-refractivity contribution in [2.45, 2.75) is 0 Å². The molecule has 4 rings (SSSR count). The van der Waals surface area contributed by atoms with Gasteiger partial charge in [0.25, 0.3) is 0 Å². The van der Waals surface area contributed by atoms with E-state index >= 15 is 0 Å². The van der Waals surface area contributed by atoms with E-state index < -0.39 is 23.3 Å². The Morgan fingerprint density at radius 2 is 0.759 bits per heavy atom. The van der Waals surface area contributed by atoms with Crippen LogP contribution in [0.5, 0.6) is 0 Å². The summed E-state index contributed by atoms with van der Waals surface area (Å²) in [6, 6.07) is 15.9. The van der Waals surface area contributed by atoms with Crippen molar-refractivity contribution in [2.24, 2.45) is 0 Å². The predicted molar refractivity (Wildman–Crippen MR) is 102 cm³/mol. The van der Waals surface area contributed by atoms with Crippen LogP contribution in [0.3, 0.4) is 0 Å². The van der Waals surface area contributed by atoms with Gasteiger partial charge in [-0.25, -0.2) is 17.6 Å². The number of halogens is 4. The molecule has 0 unspecified atom stereocenters. The molecule has 0 aliphatic carbocycles. The van der Waals surface area contributed by atoms with E-state index in [2.05, 4.69) is 0 Å². The summed E-state index contributed by atoms with van der Waals surface area (Å²) >= 11 is 0. The van der Waals surface area contributed by atoms with Gasteiger partial charge in [-0.3, -0.25) is 0 Å². The molecule has 0 saturated heterocycles. The fourth-order valence-electron chi connectivity index (χ4n) is 2.29. The SMILES string of the molecule is Fc1[c-]c(F)cc(-n2cccc2)c1.Fc1[c-]c(F)cc(-n2cccc2)c1.[CH3-].[CH3-].[Ti+4]. The molecule has 0 spiro atoms. The van der Waals surface area contributed by atoms with Crippen LogP contribution in [0.2, 0.25) is 0 Å². The van der Waals surface area contributed by atoms with E-state index in [1.165, 1.54) is 24.3 Å². The molecule has 0 aliphatic rings. The smallest absolute Gasteiger partial charge is 0.358 e. The first-order valence-electron chi connectivity index (χ1n) is 7.55. The summed E-state index contributed by atoms with van der Waals surface area (Å²) < 4.78 is 54.1. The standard InChI is InChI=1S/2C10H6F2N.2CH3.Ti/c2*11-8-5-9(12)7-10(6-8)13-3-1-2-4-13;;;/h2*1-4,6-7H;2*1H3;/q4*-1;+4. The van der Waals surface area contributed by atoms with Crippen LogP contribution in [0.15, 0.2) is 73.3 Å². The van der Waals surface area contributed by atoms with Crippen molar-refractivity contribution in [3.63, 3.8) is 0 Å². The summed E-state index contributed by atoms with van der Waals surface area (Å²) in [5, 5.41) is 0. The summed E-state index contributed by atoms with van der Waals surface area (Å²) in [6.07, 6.45) is 6.87. The van der Waals surface area contributed by atoms with Gasteiger partial charge >= 0.3 is 21.7 Å². The van der Waals surface area contributed by atoms with Crippen LogP contribution in [0.1, 0.15) is 0 Å². The van der Waals surface area contributed by atoms with Gasteiger partial charge in [0.15, 0.2) is 0 Å². The first kappa shape index (κ1) is 26.4. The molecular weight excluding hydrogens is 416 g/mol. The van der Waals surface area contributed by atoms with Gasteiger partial charge < -0.3 is 24.0 Å². The number of rotatable bonds is 2. The van der Waals surface area contributed by atoms with Gasteiger partial charge in [0.1, 0.15) is 0 Å². The molecule has 2 heterocycles. The van der Waals surface area contributed by atoms with E-state index in [4.69, 9.17) is 0 Å². The van der Waals surface area contributed by atoms with Crippen molar-refractivity contribution >= 4 is 0 Å². The Kier molecular flexibility index (Phi) is 11.0. The monoisotopic (exact) mass is 434 g/mol. The molecule has 0 N–H and O–H groups in total. The third kappa shape index (κ3) is 7.40. The molecule has 0 saturated carbocycles. The minimum Gasteiger partial charge on any atom is -0.358 e. The molecule has 7 heteroatoms. The molecule has 4 aromatic rings. The largest absolute Gasteiger partial charge is 4.00 e. The van der Waals surface area contributed by atoms with Crippen molar-refractivity contribution in [1.82, 2.24) is 9.13 Å². The van der Waals surface area contributed by atoms with Crippen LogP contribution in [-0.2, 0) is 21.7 Å². The van der Waals surface area contributed by atoms with Crippen molar-refractivity contribution in [3.05, 3.63) is 124 Å². The zero-order chi connectivity index (χ0) is 18.5. The molecule has 148 valence electrons. The van der Waals surface area contributed by atoms with Crippen LogP contribution in [0.25, 0.3) is 11.4 Å².